The summed E-state index contributed by atoms with van der Waals surface area (Å²) in [7, 11) is 0. The fourth-order valence-corrected chi connectivity index (χ4v) is 2.51. The van der Waals surface area contributed by atoms with E-state index in [1.54, 1.807) is 6.07 Å². The number of nitrogens with two attached hydrogens (primary N) is 1. The average Bonchev–Trinajstić information content (AvgIpc) is 2.28. The van der Waals surface area contributed by atoms with Crippen molar-refractivity contribution in [3.05, 3.63) is 44.8 Å². The van der Waals surface area contributed by atoms with E-state index in [2.05, 4.69) is 36.8 Å². The molecule has 0 aliphatic rings. The minimum Gasteiger partial charge on any atom is -0.383 e. The molecule has 88 valence electrons. The van der Waals surface area contributed by atoms with Crippen molar-refractivity contribution in [2.45, 2.75) is 0 Å². The van der Waals surface area contributed by atoms with Gasteiger partial charge in [0.05, 0.1) is 10.2 Å². The predicted molar refractivity (Wildman–Crippen MR) is 69.4 cm³/mol. The van der Waals surface area contributed by atoms with Crippen molar-refractivity contribution in [3.63, 3.8) is 0 Å². The molecule has 0 amide bonds. The summed E-state index contributed by atoms with van der Waals surface area (Å²) >= 11 is 6.44. The van der Waals surface area contributed by atoms with Crippen LogP contribution in [0, 0.1) is 11.6 Å². The molecule has 0 saturated carbocycles. The normalized spacial score (nSPS) is 10.6. The van der Waals surface area contributed by atoms with Crippen LogP contribution in [0.2, 0.25) is 0 Å². The van der Waals surface area contributed by atoms with Gasteiger partial charge in [-0.15, -0.1) is 0 Å². The van der Waals surface area contributed by atoms with Gasteiger partial charge in [-0.1, -0.05) is 6.07 Å². The number of halogens is 4. The quantitative estimate of drug-likeness (QED) is 0.827. The van der Waals surface area contributed by atoms with Crippen molar-refractivity contribution in [2.75, 3.05) is 5.73 Å². The Hall–Kier alpha value is -1.01. The molecular weight excluding hydrogens is 358 g/mol. The predicted octanol–water partition coefficient (Wildman–Crippen LogP) is 4.13. The lowest BCUT2D eigenvalue weighted by atomic mass is 10.1. The largest absolute Gasteiger partial charge is 0.383 e. The van der Waals surface area contributed by atoms with Crippen molar-refractivity contribution >= 4 is 37.7 Å². The number of hydrogen-bond acceptors (Lipinski definition) is 2. The molecule has 0 aliphatic heterocycles. The summed E-state index contributed by atoms with van der Waals surface area (Å²) in [6.07, 6.45) is 0. The van der Waals surface area contributed by atoms with Gasteiger partial charge >= 0.3 is 0 Å². The summed E-state index contributed by atoms with van der Waals surface area (Å²) in [5.41, 5.74) is 5.95. The third-order valence-electron chi connectivity index (χ3n) is 2.16. The van der Waals surface area contributed by atoms with E-state index in [1.807, 2.05) is 0 Å². The highest BCUT2D eigenvalue weighted by molar-refractivity contribution is 9.11. The second-order valence-electron chi connectivity index (χ2n) is 3.29. The number of rotatable bonds is 1. The summed E-state index contributed by atoms with van der Waals surface area (Å²) in [4.78, 5) is 4.02. The fourth-order valence-electron chi connectivity index (χ4n) is 1.36. The number of nitrogens with zero attached hydrogens (tertiary/aromatic N) is 1. The Balaban J connectivity index is 2.69. The number of aromatic nitrogens is 1. The van der Waals surface area contributed by atoms with Gasteiger partial charge in [0.2, 0.25) is 0 Å². The first kappa shape index (κ1) is 12.4. The molecule has 1 heterocycles. The number of hydrogen-bond donors (Lipinski definition) is 1. The first-order chi connectivity index (χ1) is 8.00. The zero-order chi connectivity index (χ0) is 12.6. The van der Waals surface area contributed by atoms with E-state index in [4.69, 9.17) is 5.73 Å². The maximum Gasteiger partial charge on any atom is 0.168 e. The van der Waals surface area contributed by atoms with Gasteiger partial charge in [0.15, 0.2) is 11.6 Å². The van der Waals surface area contributed by atoms with Crippen LogP contribution in [0.15, 0.2) is 33.2 Å². The Morgan fingerprint density at radius 1 is 1.12 bits per heavy atom. The molecule has 0 saturated heterocycles. The second-order valence-corrected chi connectivity index (χ2v) is 5.00. The van der Waals surface area contributed by atoms with Gasteiger partial charge < -0.3 is 5.73 Å². The zero-order valence-electron chi connectivity index (χ0n) is 8.35. The van der Waals surface area contributed by atoms with Crippen LogP contribution in [-0.2, 0) is 0 Å². The fraction of sp³-hybridized carbons (Fsp3) is 0. The Labute approximate surface area is 113 Å². The van der Waals surface area contributed by atoms with Crippen LogP contribution in [0.1, 0.15) is 0 Å². The van der Waals surface area contributed by atoms with Gasteiger partial charge in [-0.2, -0.15) is 0 Å². The number of nitrogen functional groups attached to an aromatic ring is 1. The van der Waals surface area contributed by atoms with Gasteiger partial charge in [0, 0.05) is 10.0 Å². The van der Waals surface area contributed by atoms with Gasteiger partial charge in [0.1, 0.15) is 5.82 Å². The van der Waals surface area contributed by atoms with Crippen LogP contribution >= 0.6 is 31.9 Å². The third kappa shape index (κ3) is 2.32. The van der Waals surface area contributed by atoms with Gasteiger partial charge in [0.25, 0.3) is 0 Å². The molecule has 1 aromatic heterocycles. The van der Waals surface area contributed by atoms with E-state index in [-0.39, 0.29) is 17.1 Å². The Bertz CT molecular complexity index is 588. The van der Waals surface area contributed by atoms with Crippen LogP contribution in [0.25, 0.3) is 11.3 Å². The Morgan fingerprint density at radius 3 is 2.53 bits per heavy atom. The molecule has 0 fully saturated rings. The highest BCUT2D eigenvalue weighted by atomic mass is 79.9. The Morgan fingerprint density at radius 2 is 1.82 bits per heavy atom. The SMILES string of the molecule is Nc1nc(-c2cccc(F)c2F)c(Br)cc1Br. The molecule has 2 aromatic rings. The Kier molecular flexibility index (Phi) is 3.44. The molecule has 2 rings (SSSR count). The molecule has 0 radical (unpaired) electrons. The van der Waals surface area contributed by atoms with E-state index >= 15 is 0 Å². The molecule has 0 unspecified atom stereocenters. The van der Waals surface area contributed by atoms with Crippen molar-refractivity contribution in [2.24, 2.45) is 0 Å². The molecule has 1 aromatic carbocycles. The first-order valence-electron chi connectivity index (χ1n) is 4.56. The van der Waals surface area contributed by atoms with E-state index in [9.17, 15) is 8.78 Å². The molecule has 0 aliphatic carbocycles. The highest BCUT2D eigenvalue weighted by Crippen LogP contribution is 2.33. The highest BCUT2D eigenvalue weighted by Gasteiger charge is 2.15. The number of anilines is 1. The van der Waals surface area contributed by atoms with Crippen LogP contribution in [-0.4, -0.2) is 4.98 Å². The minimum atomic E-state index is -0.942. The lowest BCUT2D eigenvalue weighted by Gasteiger charge is -2.08. The lowest BCUT2D eigenvalue weighted by molar-refractivity contribution is 0.511. The van der Waals surface area contributed by atoms with Gasteiger partial charge in [-0.3, -0.25) is 0 Å². The maximum absolute atomic E-state index is 13.6. The first-order valence-corrected chi connectivity index (χ1v) is 6.15. The summed E-state index contributed by atoms with van der Waals surface area (Å²) in [5, 5.41) is 0. The lowest BCUT2D eigenvalue weighted by Crippen LogP contribution is -1.97. The molecule has 6 heteroatoms. The summed E-state index contributed by atoms with van der Waals surface area (Å²) < 4.78 is 27.8. The summed E-state index contributed by atoms with van der Waals surface area (Å²) in [6.45, 7) is 0. The third-order valence-corrected chi connectivity index (χ3v) is 3.40. The standard InChI is InChI=1S/C11H6Br2F2N2/c12-6-4-7(13)11(16)17-10(6)5-2-1-3-8(14)9(5)15/h1-4H,(H2,16,17). The molecule has 2 nitrogen and oxygen atoms in total. The summed E-state index contributed by atoms with van der Waals surface area (Å²) in [6, 6.07) is 5.55. The van der Waals surface area contributed by atoms with E-state index in [1.165, 1.54) is 12.1 Å². The van der Waals surface area contributed by atoms with E-state index in [0.29, 0.717) is 8.95 Å². The van der Waals surface area contributed by atoms with Gasteiger partial charge in [-0.25, -0.2) is 13.8 Å². The minimum absolute atomic E-state index is 0.0658. The molecule has 0 bridgehead atoms. The molecular formula is C11H6Br2F2N2. The van der Waals surface area contributed by atoms with Crippen LogP contribution < -0.4 is 5.73 Å². The zero-order valence-corrected chi connectivity index (χ0v) is 11.5. The van der Waals surface area contributed by atoms with Crippen molar-refractivity contribution in [3.8, 4) is 11.3 Å². The van der Waals surface area contributed by atoms with E-state index < -0.39 is 11.6 Å². The number of benzene rings is 1. The van der Waals surface area contributed by atoms with Crippen molar-refractivity contribution in [1.82, 2.24) is 4.98 Å². The molecule has 0 atom stereocenters. The molecule has 0 spiro atoms. The smallest absolute Gasteiger partial charge is 0.168 e. The summed E-state index contributed by atoms with van der Waals surface area (Å²) in [5.74, 6) is -1.65. The molecule has 2 N–H and O–H groups in total. The van der Waals surface area contributed by atoms with E-state index in [0.717, 1.165) is 6.07 Å². The topological polar surface area (TPSA) is 38.9 Å². The molecule has 17 heavy (non-hydrogen) atoms. The van der Waals surface area contributed by atoms with Gasteiger partial charge in [-0.05, 0) is 50.1 Å². The monoisotopic (exact) mass is 362 g/mol. The second kappa shape index (κ2) is 4.70. The van der Waals surface area contributed by atoms with Crippen LogP contribution in [0.4, 0.5) is 14.6 Å². The maximum atomic E-state index is 13.6. The van der Waals surface area contributed by atoms with Crippen molar-refractivity contribution in [1.29, 1.82) is 0 Å². The average molecular weight is 364 g/mol. The van der Waals surface area contributed by atoms with Crippen LogP contribution in [0.3, 0.4) is 0 Å². The number of pyridine rings is 1. The van der Waals surface area contributed by atoms with Crippen LogP contribution in [0.5, 0.6) is 0 Å². The van der Waals surface area contributed by atoms with Crippen molar-refractivity contribution < 1.29 is 8.78 Å².